The maximum Gasteiger partial charge on any atom is 0.344 e. The number of benzene rings is 3. The number of hydrogen-bond donors (Lipinski definition) is 1. The van der Waals surface area contributed by atoms with Gasteiger partial charge in [0.05, 0.1) is 11.9 Å². The van der Waals surface area contributed by atoms with Gasteiger partial charge in [0.1, 0.15) is 11.3 Å². The number of hydrogen-bond acceptors (Lipinski definition) is 5. The third-order valence-electron chi connectivity index (χ3n) is 4.82. The number of halogens is 1. The summed E-state index contributed by atoms with van der Waals surface area (Å²) >= 11 is 5.92. The van der Waals surface area contributed by atoms with E-state index in [0.717, 1.165) is 15.8 Å². The number of carboxylic acid groups (broad SMARTS) is 1. The number of ether oxygens (including phenoxy) is 1. The molecule has 0 saturated carbocycles. The lowest BCUT2D eigenvalue weighted by atomic mass is 10.1. The number of aliphatic carboxylic acids is 1. The minimum absolute atomic E-state index is 0.0567. The minimum Gasteiger partial charge on any atom is -0.479 e. The number of carbonyl (C=O) groups is 1. The smallest absolute Gasteiger partial charge is 0.344 e. The molecule has 0 radical (unpaired) electrons. The second-order valence-corrected chi connectivity index (χ2v) is 7.34. The SMILES string of the molecule is O=C(O)C(CCn1nnc2ccccc2c1=O)Oc1ccc(-c2ccc(Cl)cc2)cc1. The van der Waals surface area contributed by atoms with E-state index in [2.05, 4.69) is 10.3 Å². The average Bonchev–Trinajstić information content (AvgIpc) is 2.79. The van der Waals surface area contributed by atoms with Crippen LogP contribution >= 0.6 is 11.6 Å². The molecule has 0 aliphatic carbocycles. The van der Waals surface area contributed by atoms with Crippen LogP contribution < -0.4 is 10.3 Å². The first-order valence-electron chi connectivity index (χ1n) is 9.59. The van der Waals surface area contributed by atoms with Crippen molar-refractivity contribution in [2.45, 2.75) is 19.1 Å². The molecule has 156 valence electrons. The van der Waals surface area contributed by atoms with Gasteiger partial charge < -0.3 is 9.84 Å². The van der Waals surface area contributed by atoms with Gasteiger partial charge in [0.15, 0.2) is 6.10 Å². The Kier molecular flexibility index (Phi) is 5.95. The van der Waals surface area contributed by atoms with Crippen LogP contribution in [-0.2, 0) is 11.3 Å². The van der Waals surface area contributed by atoms with Crippen molar-refractivity contribution < 1.29 is 14.6 Å². The van der Waals surface area contributed by atoms with E-state index in [4.69, 9.17) is 16.3 Å². The average molecular weight is 436 g/mol. The first-order chi connectivity index (χ1) is 15.0. The lowest BCUT2D eigenvalue weighted by Gasteiger charge is -2.16. The second kappa shape index (κ2) is 8.97. The van der Waals surface area contributed by atoms with Gasteiger partial charge in [0, 0.05) is 11.4 Å². The summed E-state index contributed by atoms with van der Waals surface area (Å²) in [6, 6.07) is 21.4. The molecule has 1 heterocycles. The normalized spacial score (nSPS) is 11.9. The van der Waals surface area contributed by atoms with Crippen LogP contribution in [0.3, 0.4) is 0 Å². The highest BCUT2D eigenvalue weighted by Gasteiger charge is 2.20. The molecule has 1 atom stereocenters. The summed E-state index contributed by atoms with van der Waals surface area (Å²) in [5, 5.41) is 18.5. The summed E-state index contributed by atoms with van der Waals surface area (Å²) in [4.78, 5) is 24.2. The molecule has 1 N–H and O–H groups in total. The third-order valence-corrected chi connectivity index (χ3v) is 5.07. The molecule has 0 amide bonds. The first-order valence-corrected chi connectivity index (χ1v) is 9.97. The zero-order valence-corrected chi connectivity index (χ0v) is 17.1. The molecular formula is C23H18ClN3O4. The van der Waals surface area contributed by atoms with Crippen LogP contribution in [0.5, 0.6) is 5.75 Å². The van der Waals surface area contributed by atoms with Crippen LogP contribution in [0.4, 0.5) is 0 Å². The van der Waals surface area contributed by atoms with Gasteiger partial charge in [-0.25, -0.2) is 9.48 Å². The highest BCUT2D eigenvalue weighted by atomic mass is 35.5. The Balaban J connectivity index is 1.46. The van der Waals surface area contributed by atoms with Crippen LogP contribution in [0, 0.1) is 0 Å². The quantitative estimate of drug-likeness (QED) is 0.471. The molecule has 1 unspecified atom stereocenters. The molecule has 4 aromatic rings. The summed E-state index contributed by atoms with van der Waals surface area (Å²) in [7, 11) is 0. The number of fused-ring (bicyclic) bond motifs is 1. The lowest BCUT2D eigenvalue weighted by molar-refractivity contribution is -0.145. The van der Waals surface area contributed by atoms with Crippen LogP contribution in [0.2, 0.25) is 5.02 Å². The van der Waals surface area contributed by atoms with E-state index in [9.17, 15) is 14.7 Å². The van der Waals surface area contributed by atoms with Gasteiger partial charge in [-0.3, -0.25) is 4.79 Å². The van der Waals surface area contributed by atoms with E-state index in [0.29, 0.717) is 21.7 Å². The number of rotatable bonds is 7. The Morgan fingerprint density at radius 3 is 2.32 bits per heavy atom. The molecule has 0 aliphatic heterocycles. The molecule has 3 aromatic carbocycles. The van der Waals surface area contributed by atoms with Crippen molar-refractivity contribution in [3.8, 4) is 16.9 Å². The first kappa shape index (κ1) is 20.6. The van der Waals surface area contributed by atoms with Gasteiger partial charge in [0.25, 0.3) is 5.56 Å². The Morgan fingerprint density at radius 2 is 1.65 bits per heavy atom. The van der Waals surface area contributed by atoms with Crippen molar-refractivity contribution in [2.24, 2.45) is 0 Å². The molecule has 8 heteroatoms. The fourth-order valence-electron chi connectivity index (χ4n) is 3.17. The zero-order valence-electron chi connectivity index (χ0n) is 16.3. The highest BCUT2D eigenvalue weighted by Crippen LogP contribution is 2.24. The molecule has 7 nitrogen and oxygen atoms in total. The predicted octanol–water partition coefficient (Wildman–Crippen LogP) is 4.03. The van der Waals surface area contributed by atoms with Crippen LogP contribution in [0.15, 0.2) is 77.6 Å². The largest absolute Gasteiger partial charge is 0.479 e. The van der Waals surface area contributed by atoms with E-state index < -0.39 is 12.1 Å². The molecule has 31 heavy (non-hydrogen) atoms. The van der Waals surface area contributed by atoms with Gasteiger partial charge in [-0.05, 0) is 47.5 Å². The molecule has 0 bridgehead atoms. The third kappa shape index (κ3) is 4.73. The standard InChI is InChI=1S/C23H18ClN3O4/c24-17-9-5-15(6-10-17)16-7-11-18(12-8-16)31-21(23(29)30)13-14-27-22(28)19-3-1-2-4-20(19)25-26-27/h1-12,21H,13-14H2,(H,29,30). The van der Waals surface area contributed by atoms with E-state index in [1.165, 1.54) is 0 Å². The summed E-state index contributed by atoms with van der Waals surface area (Å²) in [6.07, 6.45) is -1.08. The lowest BCUT2D eigenvalue weighted by Crippen LogP contribution is -2.32. The van der Waals surface area contributed by atoms with E-state index in [1.807, 2.05) is 24.3 Å². The fraction of sp³-hybridized carbons (Fsp3) is 0.130. The molecule has 1 aromatic heterocycles. The van der Waals surface area contributed by atoms with Crippen molar-refractivity contribution in [3.05, 3.63) is 88.2 Å². The Hall–Kier alpha value is -3.71. The minimum atomic E-state index is -1.14. The number of carboxylic acids is 1. The fourth-order valence-corrected chi connectivity index (χ4v) is 3.30. The Labute approximate surface area is 182 Å². The Morgan fingerprint density at radius 1 is 1.00 bits per heavy atom. The molecule has 0 spiro atoms. The van der Waals surface area contributed by atoms with Gasteiger partial charge in [0.2, 0.25) is 0 Å². The van der Waals surface area contributed by atoms with Crippen molar-refractivity contribution >= 4 is 28.5 Å². The number of aryl methyl sites for hydroxylation is 1. The Bertz CT molecular complexity index is 1270. The number of nitrogens with zero attached hydrogens (tertiary/aromatic N) is 3. The monoisotopic (exact) mass is 435 g/mol. The summed E-state index contributed by atoms with van der Waals surface area (Å²) in [5.74, 6) is -0.703. The molecule has 0 fully saturated rings. The van der Waals surface area contributed by atoms with Gasteiger partial charge in [-0.1, -0.05) is 53.2 Å². The van der Waals surface area contributed by atoms with Crippen LogP contribution in [0.25, 0.3) is 22.0 Å². The van der Waals surface area contributed by atoms with Gasteiger partial charge in [-0.2, -0.15) is 0 Å². The molecule has 0 saturated heterocycles. The highest BCUT2D eigenvalue weighted by molar-refractivity contribution is 6.30. The maximum atomic E-state index is 12.5. The summed E-state index contributed by atoms with van der Waals surface area (Å²) in [6.45, 7) is 0.0660. The predicted molar refractivity (Wildman–Crippen MR) is 117 cm³/mol. The van der Waals surface area contributed by atoms with Crippen LogP contribution in [0.1, 0.15) is 6.42 Å². The summed E-state index contributed by atoms with van der Waals surface area (Å²) < 4.78 is 6.81. The van der Waals surface area contributed by atoms with Crippen molar-refractivity contribution in [1.29, 1.82) is 0 Å². The van der Waals surface area contributed by atoms with Crippen LogP contribution in [-0.4, -0.2) is 32.2 Å². The van der Waals surface area contributed by atoms with Crippen molar-refractivity contribution in [2.75, 3.05) is 0 Å². The summed E-state index contributed by atoms with van der Waals surface area (Å²) in [5.41, 5.74) is 2.12. The van der Waals surface area contributed by atoms with Gasteiger partial charge in [-0.15, -0.1) is 5.10 Å². The van der Waals surface area contributed by atoms with Crippen molar-refractivity contribution in [3.63, 3.8) is 0 Å². The van der Waals surface area contributed by atoms with E-state index in [-0.39, 0.29) is 18.5 Å². The molecule has 0 aliphatic rings. The molecule has 4 rings (SSSR count). The second-order valence-electron chi connectivity index (χ2n) is 6.90. The maximum absolute atomic E-state index is 12.5. The topological polar surface area (TPSA) is 94.3 Å². The zero-order chi connectivity index (χ0) is 21.8. The van der Waals surface area contributed by atoms with Gasteiger partial charge >= 0.3 is 5.97 Å². The number of aromatic nitrogens is 3. The molecular weight excluding hydrogens is 418 g/mol. The van der Waals surface area contributed by atoms with E-state index >= 15 is 0 Å². The van der Waals surface area contributed by atoms with Crippen molar-refractivity contribution in [1.82, 2.24) is 15.0 Å². The van der Waals surface area contributed by atoms with E-state index in [1.54, 1.807) is 48.5 Å².